The topological polar surface area (TPSA) is 111 Å². The number of amides is 1. The Morgan fingerprint density at radius 1 is 1.32 bits per heavy atom. The average molecular weight is 478 g/mol. The highest BCUT2D eigenvalue weighted by molar-refractivity contribution is 9.09. The van der Waals surface area contributed by atoms with Crippen molar-refractivity contribution in [2.24, 2.45) is 0 Å². The summed E-state index contributed by atoms with van der Waals surface area (Å²) >= 11 is 6.68. The van der Waals surface area contributed by atoms with Crippen molar-refractivity contribution < 1.29 is 14.8 Å². The van der Waals surface area contributed by atoms with Crippen LogP contribution in [0.25, 0.3) is 0 Å². The molecule has 0 aromatic heterocycles. The van der Waals surface area contributed by atoms with E-state index in [1.54, 1.807) is 0 Å². The van der Waals surface area contributed by atoms with Gasteiger partial charge in [-0.1, -0.05) is 31.9 Å². The lowest BCUT2D eigenvalue weighted by atomic mass is 10.0. The van der Waals surface area contributed by atoms with Crippen molar-refractivity contribution in [2.45, 2.75) is 0 Å². The Hall–Kier alpha value is -1.70. The molecule has 0 heterocycles. The van der Waals surface area contributed by atoms with Gasteiger partial charge in [0, 0.05) is 43.4 Å². The lowest BCUT2D eigenvalue weighted by Crippen LogP contribution is -2.31. The molecular formula is C15H18Br2N4O4. The molecule has 8 nitrogen and oxygen atoms in total. The third-order valence-corrected chi connectivity index (χ3v) is 4.20. The summed E-state index contributed by atoms with van der Waals surface area (Å²) in [5.41, 5.74) is 0.0690. The van der Waals surface area contributed by atoms with Crippen molar-refractivity contribution >= 4 is 49.1 Å². The number of hydrogen-bond donors (Lipinski definition) is 1. The summed E-state index contributed by atoms with van der Waals surface area (Å²) in [6.07, 6.45) is 0. The van der Waals surface area contributed by atoms with E-state index in [-0.39, 0.29) is 24.3 Å². The van der Waals surface area contributed by atoms with E-state index in [9.17, 15) is 20.2 Å². The Kier molecular flexibility index (Phi) is 8.82. The van der Waals surface area contributed by atoms with Crippen LogP contribution in [0.5, 0.6) is 0 Å². The van der Waals surface area contributed by atoms with Crippen molar-refractivity contribution in [1.29, 1.82) is 5.26 Å². The second-order valence-corrected chi connectivity index (χ2v) is 6.66. The zero-order valence-corrected chi connectivity index (χ0v) is 16.8. The van der Waals surface area contributed by atoms with Crippen molar-refractivity contribution in [3.05, 3.63) is 33.4 Å². The third kappa shape index (κ3) is 5.39. The molecule has 0 bridgehead atoms. The molecule has 0 saturated carbocycles. The van der Waals surface area contributed by atoms with E-state index in [1.165, 1.54) is 18.0 Å². The van der Waals surface area contributed by atoms with Gasteiger partial charge in [-0.25, -0.2) is 0 Å². The summed E-state index contributed by atoms with van der Waals surface area (Å²) in [6.45, 7) is 0.937. The molecule has 0 saturated heterocycles. The highest BCUT2D eigenvalue weighted by atomic mass is 79.9. The number of aliphatic hydroxyl groups is 1. The Morgan fingerprint density at radius 3 is 2.36 bits per heavy atom. The smallest absolute Gasteiger partial charge is 0.283 e. The van der Waals surface area contributed by atoms with Crippen LogP contribution in [-0.2, 0) is 0 Å². The van der Waals surface area contributed by atoms with Gasteiger partial charge in [0.2, 0.25) is 0 Å². The van der Waals surface area contributed by atoms with Crippen molar-refractivity contribution in [3.63, 3.8) is 0 Å². The first-order valence-electron chi connectivity index (χ1n) is 7.37. The first-order valence-corrected chi connectivity index (χ1v) is 9.61. The molecular weight excluding hydrogens is 460 g/mol. The van der Waals surface area contributed by atoms with Crippen molar-refractivity contribution in [2.75, 3.05) is 48.8 Å². The van der Waals surface area contributed by atoms with Crippen LogP contribution in [0.2, 0.25) is 0 Å². The maximum Gasteiger partial charge on any atom is 0.283 e. The number of anilines is 1. The first kappa shape index (κ1) is 21.3. The quantitative estimate of drug-likeness (QED) is 0.331. The van der Waals surface area contributed by atoms with E-state index in [2.05, 4.69) is 31.9 Å². The minimum absolute atomic E-state index is 0.0534. The standard InChI is InChI=1S/C15H18Br2N4O4/c1-19(6-7-22)15(23)12-9-13(20(4-2-16)5-3-17)11(10-18)8-14(12)21(24)25/h8-9,22H,2-7H2,1H3. The molecule has 136 valence electrons. The minimum atomic E-state index is -0.677. The van der Waals surface area contributed by atoms with E-state index < -0.39 is 16.5 Å². The van der Waals surface area contributed by atoms with Gasteiger partial charge in [-0.2, -0.15) is 5.26 Å². The molecule has 0 unspecified atom stereocenters. The van der Waals surface area contributed by atoms with Gasteiger partial charge in [-0.3, -0.25) is 14.9 Å². The number of benzene rings is 1. The van der Waals surface area contributed by atoms with E-state index in [1.807, 2.05) is 11.0 Å². The summed E-state index contributed by atoms with van der Waals surface area (Å²) in [6, 6.07) is 4.48. The van der Waals surface area contributed by atoms with Crippen LogP contribution in [0.4, 0.5) is 11.4 Å². The number of hydrogen-bond acceptors (Lipinski definition) is 6. The second kappa shape index (κ2) is 10.3. The molecule has 25 heavy (non-hydrogen) atoms. The average Bonchev–Trinajstić information content (AvgIpc) is 2.59. The van der Waals surface area contributed by atoms with Gasteiger partial charge in [-0.05, 0) is 6.07 Å². The van der Waals surface area contributed by atoms with E-state index in [4.69, 9.17) is 5.11 Å². The Balaban J connectivity index is 3.53. The number of likely N-dealkylation sites (N-methyl/N-ethyl adjacent to an activating group) is 1. The first-order chi connectivity index (χ1) is 11.9. The van der Waals surface area contributed by atoms with Crippen LogP contribution in [0.1, 0.15) is 15.9 Å². The van der Waals surface area contributed by atoms with Gasteiger partial charge in [0.05, 0.1) is 22.8 Å². The van der Waals surface area contributed by atoms with Crippen molar-refractivity contribution in [3.8, 4) is 6.07 Å². The highest BCUT2D eigenvalue weighted by Gasteiger charge is 2.27. The molecule has 0 aliphatic rings. The Labute approximate surface area is 162 Å². The SMILES string of the molecule is CN(CCO)C(=O)c1cc(N(CCBr)CCBr)c(C#N)cc1[N+](=O)[O-]. The van der Waals surface area contributed by atoms with Crippen LogP contribution >= 0.6 is 31.9 Å². The predicted molar refractivity (Wildman–Crippen MR) is 102 cm³/mol. The Bertz CT molecular complexity index is 672. The third-order valence-electron chi connectivity index (χ3n) is 3.49. The molecule has 1 amide bonds. The highest BCUT2D eigenvalue weighted by Crippen LogP contribution is 2.30. The fourth-order valence-electron chi connectivity index (χ4n) is 2.26. The zero-order chi connectivity index (χ0) is 19.0. The lowest BCUT2D eigenvalue weighted by molar-refractivity contribution is -0.385. The summed E-state index contributed by atoms with van der Waals surface area (Å²) in [5.74, 6) is -0.580. The molecule has 10 heteroatoms. The predicted octanol–water partition coefficient (Wildman–Crippen LogP) is 2.13. The van der Waals surface area contributed by atoms with Gasteiger partial charge in [0.25, 0.3) is 11.6 Å². The number of nitrogens with zero attached hydrogens (tertiary/aromatic N) is 4. The number of rotatable bonds is 9. The summed E-state index contributed by atoms with van der Waals surface area (Å²) < 4.78 is 0. The van der Waals surface area contributed by atoms with Crippen LogP contribution in [0, 0.1) is 21.4 Å². The molecule has 1 aromatic rings. The zero-order valence-electron chi connectivity index (χ0n) is 13.6. The summed E-state index contributed by atoms with van der Waals surface area (Å²) in [4.78, 5) is 26.3. The summed E-state index contributed by atoms with van der Waals surface area (Å²) in [7, 11) is 1.45. The molecule has 0 spiro atoms. The number of nitriles is 1. The number of nitro groups is 1. The fraction of sp³-hybridized carbons (Fsp3) is 0.467. The minimum Gasteiger partial charge on any atom is -0.395 e. The van der Waals surface area contributed by atoms with Crippen LogP contribution in [-0.4, -0.2) is 64.8 Å². The van der Waals surface area contributed by atoms with E-state index in [0.717, 1.165) is 6.07 Å². The molecule has 0 radical (unpaired) electrons. The van der Waals surface area contributed by atoms with Gasteiger partial charge in [-0.15, -0.1) is 0 Å². The normalized spacial score (nSPS) is 10.2. The van der Waals surface area contributed by atoms with Gasteiger partial charge in [0.15, 0.2) is 0 Å². The molecule has 1 rings (SSSR count). The number of aliphatic hydroxyl groups excluding tert-OH is 1. The fourth-order valence-corrected chi connectivity index (χ4v) is 3.12. The maximum atomic E-state index is 12.5. The molecule has 0 fully saturated rings. The second-order valence-electron chi connectivity index (χ2n) is 5.07. The number of halogens is 2. The largest absolute Gasteiger partial charge is 0.395 e. The van der Waals surface area contributed by atoms with Crippen LogP contribution in [0.15, 0.2) is 12.1 Å². The van der Waals surface area contributed by atoms with E-state index in [0.29, 0.717) is 29.4 Å². The number of carbonyl (C=O) groups is 1. The molecule has 0 atom stereocenters. The lowest BCUT2D eigenvalue weighted by Gasteiger charge is -2.25. The summed E-state index contributed by atoms with van der Waals surface area (Å²) in [5, 5.41) is 31.0. The molecule has 0 aliphatic carbocycles. The van der Waals surface area contributed by atoms with Crippen molar-refractivity contribution in [1.82, 2.24) is 4.90 Å². The van der Waals surface area contributed by atoms with Crippen LogP contribution in [0.3, 0.4) is 0 Å². The number of carbonyl (C=O) groups excluding carboxylic acids is 1. The van der Waals surface area contributed by atoms with E-state index >= 15 is 0 Å². The molecule has 0 aliphatic heterocycles. The number of nitro benzene ring substituents is 1. The molecule has 1 aromatic carbocycles. The van der Waals surface area contributed by atoms with Gasteiger partial charge < -0.3 is 14.9 Å². The monoisotopic (exact) mass is 476 g/mol. The van der Waals surface area contributed by atoms with Crippen LogP contribution < -0.4 is 4.90 Å². The number of alkyl halides is 2. The Morgan fingerprint density at radius 2 is 1.92 bits per heavy atom. The maximum absolute atomic E-state index is 12.5. The van der Waals surface area contributed by atoms with Gasteiger partial charge >= 0.3 is 0 Å². The molecule has 1 N–H and O–H groups in total. The van der Waals surface area contributed by atoms with Gasteiger partial charge in [0.1, 0.15) is 11.6 Å².